The summed E-state index contributed by atoms with van der Waals surface area (Å²) in [6, 6.07) is 15.0. The van der Waals surface area contributed by atoms with Gasteiger partial charge in [0.2, 0.25) is 23.7 Å². The number of aryl methyl sites for hydroxylation is 2. The third-order valence-electron chi connectivity index (χ3n) is 12.6. The SMILES string of the molecule is COCC1(C(=O)N[C@@H](C)c2ccc(-n3cc(F)cn3)nc2)CCN(c2nc(CCCCC(=O)NCCCCCCNc3ccc(C4CCC(=C=O)NC4=O)cc3)cc(Nc3cc(C)[nH]n3)n2)CC1. The first-order valence-corrected chi connectivity index (χ1v) is 23.5. The van der Waals surface area contributed by atoms with Crippen LogP contribution in [0.15, 0.2) is 72.8 Å². The number of anilines is 4. The number of rotatable bonds is 23. The number of methoxy groups -OCH3 is 1. The van der Waals surface area contributed by atoms with Crippen molar-refractivity contribution < 1.29 is 28.3 Å². The lowest BCUT2D eigenvalue weighted by Gasteiger charge is -2.40. The van der Waals surface area contributed by atoms with Crippen LogP contribution in [0.1, 0.15) is 112 Å². The molecule has 1 aromatic carbocycles. The van der Waals surface area contributed by atoms with E-state index in [1.54, 1.807) is 25.3 Å². The summed E-state index contributed by atoms with van der Waals surface area (Å²) >= 11 is 0. The Kier molecular flexibility index (Phi) is 17.0. The molecule has 360 valence electrons. The van der Waals surface area contributed by atoms with Gasteiger partial charge in [-0.3, -0.25) is 19.5 Å². The van der Waals surface area contributed by atoms with Gasteiger partial charge >= 0.3 is 0 Å². The lowest BCUT2D eigenvalue weighted by Crippen LogP contribution is -2.52. The minimum atomic E-state index is -0.764. The molecular formula is C49H62FN13O5. The van der Waals surface area contributed by atoms with Gasteiger partial charge in [-0.15, -0.1) is 0 Å². The molecule has 0 aliphatic carbocycles. The molecule has 4 aromatic heterocycles. The number of unbranched alkanes of at least 4 members (excludes halogenated alkanes) is 4. The third kappa shape index (κ3) is 13.3. The molecule has 2 atom stereocenters. The Morgan fingerprint density at radius 3 is 2.46 bits per heavy atom. The standard InChI is InChI=1S/C49H62FN13O5/c1-33-26-43(61-60-33)58-42-27-39(10-6-7-11-45(65)52-23-9-5-4-8-22-51-38-15-12-35(13-16-38)41-18-17-40(31-64)56-46(41)66)57-48(59-42)62-24-20-49(21-25-62,32-68-3)47(67)55-34(2)36-14-19-44(53-28-36)63-30-37(50)29-54-63/h12-16,19,26-30,34,41,51H,4-11,17-18,20-25,32H2,1-3H3,(H,52,65)(H,55,67)(H,56,66)(H2,57,58,59,60,61)/t34-,41?/m0/s1. The summed E-state index contributed by atoms with van der Waals surface area (Å²) in [5.74, 6) is 3.15. The molecule has 3 amide bonds. The zero-order valence-electron chi connectivity index (χ0n) is 39.1. The number of H-pyrrole nitrogens is 1. The Balaban J connectivity index is 0.829. The van der Waals surface area contributed by atoms with E-state index in [1.165, 1.54) is 10.9 Å². The lowest BCUT2D eigenvalue weighted by molar-refractivity contribution is -0.136. The zero-order chi connectivity index (χ0) is 47.9. The van der Waals surface area contributed by atoms with Crippen LogP contribution in [0.25, 0.3) is 5.82 Å². The van der Waals surface area contributed by atoms with Gasteiger partial charge in [0.05, 0.1) is 36.4 Å². The smallest absolute Gasteiger partial charge is 0.232 e. The van der Waals surface area contributed by atoms with Crippen molar-refractivity contribution >= 4 is 46.9 Å². The fourth-order valence-corrected chi connectivity index (χ4v) is 8.62. The zero-order valence-corrected chi connectivity index (χ0v) is 39.1. The molecular weight excluding hydrogens is 870 g/mol. The monoisotopic (exact) mass is 931 g/mol. The number of piperidine rings is 2. The van der Waals surface area contributed by atoms with Crippen LogP contribution in [-0.4, -0.2) is 98.5 Å². The first kappa shape index (κ1) is 48.9. The number of carbonyl (C=O) groups is 3. The van der Waals surface area contributed by atoms with Crippen LogP contribution < -0.4 is 31.5 Å². The molecule has 6 N–H and O–H groups in total. The number of benzene rings is 1. The predicted molar refractivity (Wildman–Crippen MR) is 256 cm³/mol. The van der Waals surface area contributed by atoms with E-state index in [2.05, 4.69) is 51.8 Å². The molecule has 19 heteroatoms. The molecule has 2 aliphatic heterocycles. The van der Waals surface area contributed by atoms with Crippen LogP contribution in [0, 0.1) is 18.2 Å². The van der Waals surface area contributed by atoms with E-state index in [9.17, 15) is 23.6 Å². The summed E-state index contributed by atoms with van der Waals surface area (Å²) in [5.41, 5.74) is 4.05. The summed E-state index contributed by atoms with van der Waals surface area (Å²) in [6.07, 6.45) is 12.8. The molecule has 1 unspecified atom stereocenters. The molecule has 68 heavy (non-hydrogen) atoms. The Morgan fingerprint density at radius 2 is 1.78 bits per heavy atom. The number of hydrogen-bond acceptors (Lipinski definition) is 13. The number of aromatic nitrogens is 7. The maximum atomic E-state index is 14.0. The third-order valence-corrected chi connectivity index (χ3v) is 12.6. The Bertz CT molecular complexity index is 2510. The average molecular weight is 932 g/mol. The topological polar surface area (TPSA) is 226 Å². The van der Waals surface area contributed by atoms with E-state index in [4.69, 9.17) is 14.7 Å². The van der Waals surface area contributed by atoms with Crippen LogP contribution in [0.3, 0.4) is 0 Å². The summed E-state index contributed by atoms with van der Waals surface area (Å²) in [5, 5.41) is 26.9. The quantitative estimate of drug-likeness (QED) is 0.0313. The van der Waals surface area contributed by atoms with Gasteiger partial charge in [0.1, 0.15) is 17.5 Å². The van der Waals surface area contributed by atoms with E-state index in [0.29, 0.717) is 93.7 Å². The summed E-state index contributed by atoms with van der Waals surface area (Å²) in [7, 11) is 1.61. The van der Waals surface area contributed by atoms with Crippen molar-refractivity contribution in [3.05, 3.63) is 101 Å². The minimum Gasteiger partial charge on any atom is -0.385 e. The van der Waals surface area contributed by atoms with E-state index in [1.807, 2.05) is 56.3 Å². The van der Waals surface area contributed by atoms with Crippen LogP contribution in [0.4, 0.5) is 27.7 Å². The van der Waals surface area contributed by atoms with Crippen molar-refractivity contribution in [3.63, 3.8) is 0 Å². The van der Waals surface area contributed by atoms with Crippen molar-refractivity contribution in [3.8, 4) is 5.82 Å². The van der Waals surface area contributed by atoms with Gasteiger partial charge in [-0.2, -0.15) is 15.2 Å². The summed E-state index contributed by atoms with van der Waals surface area (Å²) < 4.78 is 20.5. The predicted octanol–water partition coefficient (Wildman–Crippen LogP) is 6.29. The van der Waals surface area contributed by atoms with Crippen LogP contribution >= 0.6 is 0 Å². The highest BCUT2D eigenvalue weighted by Crippen LogP contribution is 2.35. The van der Waals surface area contributed by atoms with E-state index in [-0.39, 0.29) is 36.3 Å². The van der Waals surface area contributed by atoms with Crippen molar-refractivity contribution in [1.29, 1.82) is 0 Å². The van der Waals surface area contributed by atoms with Crippen molar-refractivity contribution in [2.45, 2.75) is 103 Å². The highest BCUT2D eigenvalue weighted by molar-refractivity contribution is 5.88. The second-order valence-corrected chi connectivity index (χ2v) is 17.7. The molecule has 0 radical (unpaired) electrons. The lowest BCUT2D eigenvalue weighted by atomic mass is 9.78. The normalized spacial score (nSPS) is 16.1. The molecule has 0 bridgehead atoms. The van der Waals surface area contributed by atoms with Gasteiger partial charge in [-0.05, 0) is 101 Å². The molecule has 2 saturated heterocycles. The van der Waals surface area contributed by atoms with Crippen LogP contribution in [-0.2, 0) is 30.3 Å². The Labute approximate surface area is 395 Å². The number of nitrogens with one attached hydrogen (secondary N) is 6. The molecule has 0 spiro atoms. The van der Waals surface area contributed by atoms with Gasteiger partial charge < -0.3 is 36.2 Å². The number of carbonyl (C=O) groups excluding carboxylic acids is 4. The maximum absolute atomic E-state index is 14.0. The number of nitrogens with zero attached hydrogens (tertiary/aromatic N) is 7. The van der Waals surface area contributed by atoms with Gasteiger partial charge in [0.15, 0.2) is 17.5 Å². The van der Waals surface area contributed by atoms with E-state index >= 15 is 0 Å². The Morgan fingerprint density at radius 1 is 0.985 bits per heavy atom. The molecule has 7 rings (SSSR count). The van der Waals surface area contributed by atoms with Gasteiger partial charge in [-0.1, -0.05) is 31.0 Å². The van der Waals surface area contributed by atoms with Crippen molar-refractivity contribution in [2.24, 2.45) is 5.41 Å². The fraction of sp³-hybridized carbons (Fsp3) is 0.469. The molecule has 6 heterocycles. The molecule has 2 aliphatic rings. The molecule has 0 saturated carbocycles. The summed E-state index contributed by atoms with van der Waals surface area (Å²) in [4.78, 5) is 66.2. The second-order valence-electron chi connectivity index (χ2n) is 17.7. The number of amides is 3. The van der Waals surface area contributed by atoms with E-state index < -0.39 is 11.2 Å². The number of allylic oxidation sites excluding steroid dienone is 1. The van der Waals surface area contributed by atoms with Crippen molar-refractivity contribution in [2.75, 3.05) is 55.4 Å². The number of halogens is 1. The molecule has 18 nitrogen and oxygen atoms in total. The number of hydrogen-bond donors (Lipinski definition) is 6. The van der Waals surface area contributed by atoms with Crippen molar-refractivity contribution in [1.82, 2.24) is 50.9 Å². The first-order valence-electron chi connectivity index (χ1n) is 23.5. The maximum Gasteiger partial charge on any atom is 0.232 e. The van der Waals surface area contributed by atoms with Gasteiger partial charge in [0.25, 0.3) is 0 Å². The molecule has 5 aromatic rings. The van der Waals surface area contributed by atoms with Crippen LogP contribution in [0.2, 0.25) is 0 Å². The number of aromatic amines is 1. The second kappa shape index (κ2) is 23.7. The number of pyridine rings is 1. The van der Waals surface area contributed by atoms with Gasteiger partial charge in [-0.25, -0.2) is 23.8 Å². The highest BCUT2D eigenvalue weighted by Gasteiger charge is 2.42. The molecule has 2 fully saturated rings. The first-order chi connectivity index (χ1) is 33.0. The Hall–Kier alpha value is -6.98. The summed E-state index contributed by atoms with van der Waals surface area (Å²) in [6.45, 7) is 6.64. The highest BCUT2D eigenvalue weighted by atomic mass is 19.1. The van der Waals surface area contributed by atoms with Gasteiger partial charge in [0, 0.05) is 75.1 Å². The number of ether oxygens (including phenoxy) is 1. The van der Waals surface area contributed by atoms with E-state index in [0.717, 1.165) is 73.0 Å². The largest absolute Gasteiger partial charge is 0.385 e. The fourth-order valence-electron chi connectivity index (χ4n) is 8.62. The van der Waals surface area contributed by atoms with Crippen LogP contribution in [0.5, 0.6) is 0 Å². The average Bonchev–Trinajstić information content (AvgIpc) is 3.98. The minimum absolute atomic E-state index is 0.0465.